The lowest BCUT2D eigenvalue weighted by atomic mass is 10.1. The molecule has 0 saturated carbocycles. The van der Waals surface area contributed by atoms with Gasteiger partial charge in [-0.25, -0.2) is 4.39 Å². The average Bonchev–Trinajstić information content (AvgIpc) is 2.60. The third kappa shape index (κ3) is 4.55. The third-order valence-electron chi connectivity index (χ3n) is 3.43. The number of carbonyl (C=O) groups is 2. The molecule has 1 amide bonds. The first-order valence-corrected chi connectivity index (χ1v) is 7.34. The van der Waals surface area contributed by atoms with E-state index in [4.69, 9.17) is 9.47 Å². The van der Waals surface area contributed by atoms with E-state index in [0.29, 0.717) is 23.3 Å². The third-order valence-corrected chi connectivity index (χ3v) is 3.43. The quantitative estimate of drug-likeness (QED) is 0.792. The van der Waals surface area contributed by atoms with Crippen molar-refractivity contribution in [3.63, 3.8) is 0 Å². The van der Waals surface area contributed by atoms with Crippen LogP contribution in [0.3, 0.4) is 0 Å². The molecule has 0 bridgehead atoms. The van der Waals surface area contributed by atoms with Crippen LogP contribution in [-0.4, -0.2) is 25.9 Å². The molecule has 0 radical (unpaired) electrons. The van der Waals surface area contributed by atoms with Crippen molar-refractivity contribution in [3.05, 3.63) is 59.4 Å². The van der Waals surface area contributed by atoms with Crippen molar-refractivity contribution in [1.82, 2.24) is 5.32 Å². The van der Waals surface area contributed by atoms with Crippen LogP contribution in [0, 0.1) is 5.82 Å². The summed E-state index contributed by atoms with van der Waals surface area (Å²) < 4.78 is 23.5. The maximum absolute atomic E-state index is 12.9. The Balaban J connectivity index is 1.95. The van der Waals surface area contributed by atoms with E-state index in [1.165, 1.54) is 25.3 Å². The highest BCUT2D eigenvalue weighted by molar-refractivity contribution is 5.79. The Morgan fingerprint density at radius 1 is 1.21 bits per heavy atom. The summed E-state index contributed by atoms with van der Waals surface area (Å²) in [6.07, 6.45) is 0.684. The molecule has 126 valence electrons. The van der Waals surface area contributed by atoms with Crippen LogP contribution in [-0.2, 0) is 4.79 Å². The number of ether oxygens (including phenoxy) is 2. The first-order valence-electron chi connectivity index (χ1n) is 7.34. The molecule has 1 N–H and O–H groups in total. The van der Waals surface area contributed by atoms with E-state index in [1.807, 2.05) is 0 Å². The molecular formula is C18H18FNO4. The van der Waals surface area contributed by atoms with Crippen LogP contribution < -0.4 is 14.8 Å². The molecular weight excluding hydrogens is 313 g/mol. The summed E-state index contributed by atoms with van der Waals surface area (Å²) in [6, 6.07) is 10.3. The standard InChI is InChI=1S/C18H18FNO4/c1-12(14-4-6-15(19)7-5-14)20-18(22)11-24-17-9-13(10-21)3-8-16(17)23-2/h3-10,12H,11H2,1-2H3,(H,20,22). The number of halogens is 1. The highest BCUT2D eigenvalue weighted by Gasteiger charge is 2.12. The number of aldehydes is 1. The summed E-state index contributed by atoms with van der Waals surface area (Å²) in [4.78, 5) is 22.8. The molecule has 0 aromatic heterocycles. The van der Waals surface area contributed by atoms with E-state index in [2.05, 4.69) is 5.32 Å². The molecule has 0 saturated heterocycles. The number of hydrogen-bond donors (Lipinski definition) is 1. The normalized spacial score (nSPS) is 11.5. The van der Waals surface area contributed by atoms with Gasteiger partial charge >= 0.3 is 0 Å². The molecule has 2 aromatic carbocycles. The van der Waals surface area contributed by atoms with Crippen molar-refractivity contribution in [3.8, 4) is 11.5 Å². The predicted octanol–water partition coefficient (Wildman–Crippen LogP) is 2.90. The van der Waals surface area contributed by atoms with Gasteiger partial charge < -0.3 is 14.8 Å². The van der Waals surface area contributed by atoms with Gasteiger partial charge in [0.25, 0.3) is 5.91 Å². The Labute approximate surface area is 139 Å². The van der Waals surface area contributed by atoms with E-state index in [9.17, 15) is 14.0 Å². The zero-order valence-electron chi connectivity index (χ0n) is 13.4. The Hall–Kier alpha value is -2.89. The van der Waals surface area contributed by atoms with Gasteiger partial charge in [0.15, 0.2) is 18.1 Å². The van der Waals surface area contributed by atoms with Crippen molar-refractivity contribution in [1.29, 1.82) is 0 Å². The molecule has 1 atom stereocenters. The van der Waals surface area contributed by atoms with Crippen molar-refractivity contribution in [2.45, 2.75) is 13.0 Å². The minimum Gasteiger partial charge on any atom is -0.493 e. The fourth-order valence-electron chi connectivity index (χ4n) is 2.14. The van der Waals surface area contributed by atoms with Crippen LogP contribution in [0.4, 0.5) is 4.39 Å². The van der Waals surface area contributed by atoms with Gasteiger partial charge in [-0.15, -0.1) is 0 Å². The van der Waals surface area contributed by atoms with E-state index in [0.717, 1.165) is 5.56 Å². The molecule has 6 heteroatoms. The summed E-state index contributed by atoms with van der Waals surface area (Å²) >= 11 is 0. The summed E-state index contributed by atoms with van der Waals surface area (Å²) in [5.74, 6) is 0.0693. The molecule has 0 aliphatic carbocycles. The molecule has 2 rings (SSSR count). The predicted molar refractivity (Wildman–Crippen MR) is 86.8 cm³/mol. The summed E-state index contributed by atoms with van der Waals surface area (Å²) in [6.45, 7) is 1.56. The molecule has 1 unspecified atom stereocenters. The maximum Gasteiger partial charge on any atom is 0.258 e. The topological polar surface area (TPSA) is 64.6 Å². The summed E-state index contributed by atoms with van der Waals surface area (Å²) in [5, 5.41) is 2.76. The van der Waals surface area contributed by atoms with Crippen molar-refractivity contribution in [2.75, 3.05) is 13.7 Å². The summed E-state index contributed by atoms with van der Waals surface area (Å²) in [7, 11) is 1.47. The number of nitrogens with one attached hydrogen (secondary N) is 1. The first kappa shape index (κ1) is 17.5. The van der Waals surface area contributed by atoms with Crippen LogP contribution >= 0.6 is 0 Å². The summed E-state index contributed by atoms with van der Waals surface area (Å²) in [5.41, 5.74) is 1.20. The van der Waals surface area contributed by atoms with Crippen LogP contribution in [0.25, 0.3) is 0 Å². The lowest BCUT2D eigenvalue weighted by molar-refractivity contribution is -0.123. The van der Waals surface area contributed by atoms with E-state index < -0.39 is 0 Å². The van der Waals surface area contributed by atoms with Crippen LogP contribution in [0.15, 0.2) is 42.5 Å². The zero-order chi connectivity index (χ0) is 17.5. The smallest absolute Gasteiger partial charge is 0.258 e. The number of methoxy groups -OCH3 is 1. The van der Waals surface area contributed by atoms with Gasteiger partial charge in [-0.3, -0.25) is 9.59 Å². The lowest BCUT2D eigenvalue weighted by Gasteiger charge is -2.15. The monoisotopic (exact) mass is 331 g/mol. The second-order valence-corrected chi connectivity index (χ2v) is 5.16. The first-order chi connectivity index (χ1) is 11.5. The molecule has 0 aliphatic heterocycles. The van der Waals surface area contributed by atoms with Crippen LogP contribution in [0.1, 0.15) is 28.9 Å². The number of hydrogen-bond acceptors (Lipinski definition) is 4. The number of benzene rings is 2. The van der Waals surface area contributed by atoms with E-state index in [-0.39, 0.29) is 24.4 Å². The minimum atomic E-state index is -0.342. The number of amides is 1. The van der Waals surface area contributed by atoms with Crippen molar-refractivity contribution >= 4 is 12.2 Å². The van der Waals surface area contributed by atoms with Crippen molar-refractivity contribution in [2.24, 2.45) is 0 Å². The molecule has 2 aromatic rings. The molecule has 0 aliphatic rings. The minimum absolute atomic E-state index is 0.232. The Kier molecular flexibility index (Phi) is 5.89. The average molecular weight is 331 g/mol. The molecule has 0 spiro atoms. The number of rotatable bonds is 7. The van der Waals surface area contributed by atoms with Crippen LogP contribution in [0.2, 0.25) is 0 Å². The van der Waals surface area contributed by atoms with Crippen molar-refractivity contribution < 1.29 is 23.5 Å². The lowest BCUT2D eigenvalue weighted by Crippen LogP contribution is -2.31. The van der Waals surface area contributed by atoms with Gasteiger partial charge in [-0.05, 0) is 42.8 Å². The largest absolute Gasteiger partial charge is 0.493 e. The molecule has 5 nitrogen and oxygen atoms in total. The fraction of sp³-hybridized carbons (Fsp3) is 0.222. The van der Waals surface area contributed by atoms with Crippen LogP contribution in [0.5, 0.6) is 11.5 Å². The SMILES string of the molecule is COc1ccc(C=O)cc1OCC(=O)NC(C)c1ccc(F)cc1. The Bertz CT molecular complexity index is 715. The fourth-order valence-corrected chi connectivity index (χ4v) is 2.14. The van der Waals surface area contributed by atoms with Gasteiger partial charge in [0.05, 0.1) is 13.2 Å². The second kappa shape index (κ2) is 8.10. The zero-order valence-corrected chi connectivity index (χ0v) is 13.4. The molecule has 0 heterocycles. The van der Waals surface area contributed by atoms with Gasteiger partial charge in [0.2, 0.25) is 0 Å². The van der Waals surface area contributed by atoms with Gasteiger partial charge in [-0.2, -0.15) is 0 Å². The van der Waals surface area contributed by atoms with E-state index in [1.54, 1.807) is 31.2 Å². The Morgan fingerprint density at radius 3 is 2.54 bits per heavy atom. The second-order valence-electron chi connectivity index (χ2n) is 5.16. The highest BCUT2D eigenvalue weighted by atomic mass is 19.1. The number of carbonyl (C=O) groups excluding carboxylic acids is 2. The highest BCUT2D eigenvalue weighted by Crippen LogP contribution is 2.27. The van der Waals surface area contributed by atoms with Gasteiger partial charge in [0, 0.05) is 5.56 Å². The van der Waals surface area contributed by atoms with E-state index >= 15 is 0 Å². The molecule has 24 heavy (non-hydrogen) atoms. The molecule has 0 fully saturated rings. The maximum atomic E-state index is 12.9. The van der Waals surface area contributed by atoms with Gasteiger partial charge in [-0.1, -0.05) is 12.1 Å². The van der Waals surface area contributed by atoms with Gasteiger partial charge in [0.1, 0.15) is 12.1 Å². The Morgan fingerprint density at radius 2 is 1.92 bits per heavy atom.